The molecule has 2 aliphatic heterocycles. The van der Waals surface area contributed by atoms with E-state index in [0.29, 0.717) is 29.7 Å². The first-order valence-electron chi connectivity index (χ1n) is 5.92. The molecule has 0 spiro atoms. The van der Waals surface area contributed by atoms with Gasteiger partial charge in [0.05, 0.1) is 6.04 Å². The highest BCUT2D eigenvalue weighted by atomic mass is 32.3. The van der Waals surface area contributed by atoms with Crippen LogP contribution in [0, 0.1) is 6.92 Å². The summed E-state index contributed by atoms with van der Waals surface area (Å²) < 4.78 is 39.8. The van der Waals surface area contributed by atoms with E-state index in [9.17, 15) is 13.2 Å². The molecule has 1 unspecified atom stereocenters. The van der Waals surface area contributed by atoms with E-state index in [1.54, 1.807) is 6.92 Å². The van der Waals surface area contributed by atoms with Crippen molar-refractivity contribution in [2.45, 2.75) is 31.8 Å². The zero-order chi connectivity index (χ0) is 14.5. The maximum Gasteiger partial charge on any atom is 0.418 e. The van der Waals surface area contributed by atoms with E-state index in [1.165, 1.54) is 4.90 Å². The van der Waals surface area contributed by atoms with Gasteiger partial charge >= 0.3 is 16.4 Å². The van der Waals surface area contributed by atoms with Gasteiger partial charge in [0.1, 0.15) is 6.04 Å². The number of fused-ring (bicyclic) bond motifs is 2. The van der Waals surface area contributed by atoms with Gasteiger partial charge in [0.15, 0.2) is 0 Å². The molecule has 2 saturated heterocycles. The van der Waals surface area contributed by atoms with E-state index < -0.39 is 28.5 Å². The minimum atomic E-state index is -4.73. The second-order valence-electron chi connectivity index (χ2n) is 4.67. The molecule has 110 valence electrons. The van der Waals surface area contributed by atoms with Crippen LogP contribution in [0.1, 0.15) is 30.7 Å². The Hall–Kier alpha value is -1.72. The van der Waals surface area contributed by atoms with Gasteiger partial charge < -0.3 is 9.32 Å². The fourth-order valence-corrected chi connectivity index (χ4v) is 2.92. The standard InChI is InChI=1S/C9H12N4O6S/c1-5-10-11-8(18-5)7-3-2-6-4-12(7)9(14)13(6)19-20(15,16)17/h6-7H,2-4H2,1H3,(H,15,16,17)/t6-,7?/m1/s1. The van der Waals surface area contributed by atoms with Gasteiger partial charge in [-0.3, -0.25) is 4.55 Å². The second kappa shape index (κ2) is 4.40. The predicted molar refractivity (Wildman–Crippen MR) is 61.4 cm³/mol. The summed E-state index contributed by atoms with van der Waals surface area (Å²) >= 11 is 0. The average molecular weight is 304 g/mol. The smallest absolute Gasteiger partial charge is 0.418 e. The molecule has 2 aliphatic rings. The molecule has 1 N–H and O–H groups in total. The number of aryl methyl sites for hydroxylation is 1. The molecule has 0 aromatic carbocycles. The van der Waals surface area contributed by atoms with E-state index in [-0.39, 0.29) is 6.54 Å². The first kappa shape index (κ1) is 13.3. The molecule has 11 heteroatoms. The summed E-state index contributed by atoms with van der Waals surface area (Å²) in [7, 11) is -4.73. The van der Waals surface area contributed by atoms with Crippen LogP contribution in [0.5, 0.6) is 0 Å². The van der Waals surface area contributed by atoms with Crippen LogP contribution in [-0.4, -0.2) is 51.7 Å². The summed E-state index contributed by atoms with van der Waals surface area (Å²) in [5.74, 6) is 0.697. The Morgan fingerprint density at radius 2 is 2.15 bits per heavy atom. The van der Waals surface area contributed by atoms with Crippen molar-refractivity contribution < 1.29 is 26.5 Å². The molecule has 0 saturated carbocycles. The number of nitrogens with zero attached hydrogens (tertiary/aromatic N) is 4. The number of aromatic nitrogens is 2. The van der Waals surface area contributed by atoms with Crippen molar-refractivity contribution >= 4 is 16.4 Å². The summed E-state index contributed by atoms with van der Waals surface area (Å²) in [6, 6.07) is -1.48. The van der Waals surface area contributed by atoms with E-state index in [1.807, 2.05) is 0 Å². The summed E-state index contributed by atoms with van der Waals surface area (Å²) in [6.07, 6.45) is 1.05. The minimum Gasteiger partial charge on any atom is -0.423 e. The van der Waals surface area contributed by atoms with Crippen molar-refractivity contribution in [2.24, 2.45) is 0 Å². The predicted octanol–water partition coefficient (Wildman–Crippen LogP) is 0.0535. The van der Waals surface area contributed by atoms with Crippen molar-refractivity contribution in [1.82, 2.24) is 20.2 Å². The van der Waals surface area contributed by atoms with Gasteiger partial charge in [-0.15, -0.1) is 14.5 Å². The third-order valence-corrected chi connectivity index (χ3v) is 3.67. The first-order valence-corrected chi connectivity index (χ1v) is 7.28. The molecule has 2 bridgehead atoms. The zero-order valence-electron chi connectivity index (χ0n) is 10.5. The number of amides is 2. The lowest BCUT2D eigenvalue weighted by atomic mass is 10.0. The molecule has 3 heterocycles. The van der Waals surface area contributed by atoms with Crippen LogP contribution in [0.25, 0.3) is 0 Å². The minimum absolute atomic E-state index is 0.278. The topological polar surface area (TPSA) is 126 Å². The summed E-state index contributed by atoms with van der Waals surface area (Å²) in [5, 5.41) is 8.27. The number of hydrogen-bond donors (Lipinski definition) is 1. The molecule has 1 aromatic rings. The lowest BCUT2D eigenvalue weighted by Gasteiger charge is -2.27. The molecule has 2 fully saturated rings. The fourth-order valence-electron chi connectivity index (χ4n) is 2.53. The number of hydroxylamine groups is 2. The maximum absolute atomic E-state index is 12.1. The zero-order valence-corrected chi connectivity index (χ0v) is 11.3. The Balaban J connectivity index is 1.84. The first-order chi connectivity index (χ1) is 9.35. The third kappa shape index (κ3) is 2.23. The molecule has 2 atom stereocenters. The van der Waals surface area contributed by atoms with Crippen LogP contribution >= 0.6 is 0 Å². The van der Waals surface area contributed by atoms with Crippen LogP contribution in [0.4, 0.5) is 4.79 Å². The summed E-state index contributed by atoms with van der Waals surface area (Å²) in [6.45, 7) is 1.92. The SMILES string of the molecule is Cc1nnc(C2CC[C@@H]3CN2C(=O)N3OS(=O)(=O)O)o1. The highest BCUT2D eigenvalue weighted by Gasteiger charge is 2.49. The Morgan fingerprint density at radius 1 is 1.40 bits per heavy atom. The molecule has 0 aliphatic carbocycles. The van der Waals surface area contributed by atoms with Gasteiger partial charge in [-0.05, 0) is 12.8 Å². The Morgan fingerprint density at radius 3 is 2.75 bits per heavy atom. The van der Waals surface area contributed by atoms with Gasteiger partial charge in [0.2, 0.25) is 11.8 Å². The fraction of sp³-hybridized carbons (Fsp3) is 0.667. The number of piperidine rings is 1. The Bertz CT molecular complexity index is 643. The lowest BCUT2D eigenvalue weighted by Crippen LogP contribution is -2.35. The Labute approximate surface area is 114 Å². The highest BCUT2D eigenvalue weighted by Crippen LogP contribution is 2.38. The summed E-state index contributed by atoms with van der Waals surface area (Å²) in [5.41, 5.74) is 0. The van der Waals surface area contributed by atoms with Crippen LogP contribution in [0.2, 0.25) is 0 Å². The maximum atomic E-state index is 12.1. The molecular formula is C9H12N4O6S. The van der Waals surface area contributed by atoms with E-state index in [0.717, 1.165) is 0 Å². The van der Waals surface area contributed by atoms with Crippen molar-refractivity contribution in [1.29, 1.82) is 0 Å². The van der Waals surface area contributed by atoms with Crippen LogP contribution in [-0.2, 0) is 14.7 Å². The van der Waals surface area contributed by atoms with E-state index in [4.69, 9.17) is 8.97 Å². The number of hydrogen-bond acceptors (Lipinski definition) is 7. The molecule has 10 nitrogen and oxygen atoms in total. The van der Waals surface area contributed by atoms with Crippen LogP contribution < -0.4 is 0 Å². The third-order valence-electron chi connectivity index (χ3n) is 3.32. The van der Waals surface area contributed by atoms with Crippen molar-refractivity contribution in [3.63, 3.8) is 0 Å². The van der Waals surface area contributed by atoms with Crippen LogP contribution in [0.3, 0.4) is 0 Å². The number of urea groups is 1. The molecule has 3 rings (SSSR count). The quantitative estimate of drug-likeness (QED) is 0.776. The lowest BCUT2D eigenvalue weighted by molar-refractivity contribution is -0.0317. The molecule has 0 radical (unpaired) electrons. The molecular weight excluding hydrogens is 292 g/mol. The van der Waals surface area contributed by atoms with Gasteiger partial charge in [-0.1, -0.05) is 0 Å². The number of carbonyl (C=O) groups is 1. The normalized spacial score (nSPS) is 26.4. The van der Waals surface area contributed by atoms with Crippen LogP contribution in [0.15, 0.2) is 4.42 Å². The van der Waals surface area contributed by atoms with Crippen molar-refractivity contribution in [3.05, 3.63) is 11.8 Å². The average Bonchev–Trinajstić information content (AvgIpc) is 2.88. The van der Waals surface area contributed by atoms with Gasteiger partial charge in [0, 0.05) is 13.5 Å². The second-order valence-corrected chi connectivity index (χ2v) is 5.67. The largest absolute Gasteiger partial charge is 0.423 e. The Kier molecular flexibility index (Phi) is 2.92. The van der Waals surface area contributed by atoms with Gasteiger partial charge in [-0.25, -0.2) is 4.79 Å². The molecule has 20 heavy (non-hydrogen) atoms. The molecule has 2 amide bonds. The highest BCUT2D eigenvalue weighted by molar-refractivity contribution is 7.80. The monoisotopic (exact) mass is 304 g/mol. The summed E-state index contributed by atoms with van der Waals surface area (Å²) in [4.78, 5) is 13.5. The van der Waals surface area contributed by atoms with Gasteiger partial charge in [0.25, 0.3) is 0 Å². The van der Waals surface area contributed by atoms with Gasteiger partial charge in [-0.2, -0.15) is 13.5 Å². The van der Waals surface area contributed by atoms with E-state index in [2.05, 4.69) is 14.5 Å². The van der Waals surface area contributed by atoms with Crippen molar-refractivity contribution in [3.8, 4) is 0 Å². The van der Waals surface area contributed by atoms with E-state index >= 15 is 0 Å². The number of rotatable bonds is 3. The molecule has 1 aromatic heterocycles. The van der Waals surface area contributed by atoms with Crippen molar-refractivity contribution in [2.75, 3.05) is 6.54 Å². The number of carbonyl (C=O) groups excluding carboxylic acids is 1.